The molecule has 4 aliphatic carbocycles. The minimum Gasteiger partial charge on any atom is -0.497 e. The van der Waals surface area contributed by atoms with Gasteiger partial charge in [-0.1, -0.05) is 25.2 Å². The Balaban J connectivity index is 0.941. The number of aliphatic hydroxyl groups is 2. The predicted octanol–water partition coefficient (Wildman–Crippen LogP) is 7.70. The summed E-state index contributed by atoms with van der Waals surface area (Å²) in [7, 11) is 1.64. The fraction of sp³-hybridized carbons (Fsp3) is 0.574. The molecule has 2 unspecified atom stereocenters. The van der Waals surface area contributed by atoms with Crippen molar-refractivity contribution in [2.45, 2.75) is 104 Å². The van der Waals surface area contributed by atoms with Crippen molar-refractivity contribution in [3.05, 3.63) is 59.0 Å². The lowest BCUT2D eigenvalue weighted by molar-refractivity contribution is -0.248. The van der Waals surface area contributed by atoms with Crippen LogP contribution >= 0.6 is 11.3 Å². The molecular formula is C47H61N9O6S. The molecule has 4 bridgehead atoms. The molecule has 1 aromatic carbocycles. The number of aliphatic hydroxyl groups excluding tert-OH is 2. The van der Waals surface area contributed by atoms with Crippen LogP contribution in [-0.4, -0.2) is 115 Å². The first kappa shape index (κ1) is 43.5. The van der Waals surface area contributed by atoms with E-state index in [1.807, 2.05) is 55.3 Å². The molecular weight excluding hydrogens is 819 g/mol. The summed E-state index contributed by atoms with van der Waals surface area (Å²) < 4.78 is 15.5. The van der Waals surface area contributed by atoms with Crippen molar-refractivity contribution in [2.75, 3.05) is 63.3 Å². The number of nitrogens with zero attached hydrogens (tertiary/aromatic N) is 8. The monoisotopic (exact) mass is 879 g/mol. The largest absolute Gasteiger partial charge is 0.497 e. The second-order valence-corrected chi connectivity index (χ2v) is 20.6. The number of ether oxygens (including phenoxy) is 2. The second kappa shape index (κ2) is 17.0. The highest BCUT2D eigenvalue weighted by molar-refractivity contribution is 7.22. The first-order valence-electron chi connectivity index (χ1n) is 22.5. The van der Waals surface area contributed by atoms with E-state index in [0.29, 0.717) is 54.1 Å². The lowest BCUT2D eigenvalue weighted by atomic mass is 9.39. The second-order valence-electron chi connectivity index (χ2n) is 19.6. The molecule has 4 N–H and O–H groups in total. The number of nitrogens with one attached hydrogen (secondary N) is 1. The Labute approximate surface area is 372 Å². The van der Waals surface area contributed by atoms with Crippen LogP contribution in [0.15, 0.2) is 36.5 Å². The maximum Gasteiger partial charge on any atom is 0.355 e. The van der Waals surface area contributed by atoms with E-state index in [1.165, 1.54) is 17.8 Å². The van der Waals surface area contributed by atoms with Gasteiger partial charge in [-0.25, -0.2) is 14.8 Å². The number of hydrogen-bond donors (Lipinski definition) is 4. The van der Waals surface area contributed by atoms with Gasteiger partial charge in [0.2, 0.25) is 0 Å². The number of methoxy groups -OCH3 is 1. The van der Waals surface area contributed by atoms with Crippen LogP contribution in [0.2, 0.25) is 0 Å². The summed E-state index contributed by atoms with van der Waals surface area (Å²) in [5, 5.41) is 47.9. The van der Waals surface area contributed by atoms with Gasteiger partial charge in [-0.3, -0.25) is 4.68 Å². The molecule has 10 rings (SSSR count). The summed E-state index contributed by atoms with van der Waals surface area (Å²) in [6.07, 6.45) is 11.4. The summed E-state index contributed by atoms with van der Waals surface area (Å²) in [6, 6.07) is 9.59. The van der Waals surface area contributed by atoms with Crippen LogP contribution in [0.4, 0.5) is 22.6 Å². The number of benzene rings is 1. The molecule has 336 valence electrons. The van der Waals surface area contributed by atoms with Crippen LogP contribution in [0, 0.1) is 30.1 Å². The van der Waals surface area contributed by atoms with Gasteiger partial charge >= 0.3 is 5.97 Å². The highest BCUT2D eigenvalue weighted by Gasteiger charge is 2.66. The van der Waals surface area contributed by atoms with Crippen LogP contribution in [0.25, 0.3) is 21.3 Å². The topological polar surface area (TPSA) is 184 Å². The minimum absolute atomic E-state index is 0.00374. The number of carbonyl (C=O) groups is 1. The molecule has 2 atom stereocenters. The Bertz CT molecular complexity index is 2480. The Morgan fingerprint density at radius 1 is 0.937 bits per heavy atom. The van der Waals surface area contributed by atoms with Gasteiger partial charge in [0.15, 0.2) is 22.5 Å². The lowest BCUT2D eigenvalue weighted by Gasteiger charge is -2.69. The average molecular weight is 880 g/mol. The van der Waals surface area contributed by atoms with E-state index in [-0.39, 0.29) is 40.8 Å². The Kier molecular flexibility index (Phi) is 11.7. The van der Waals surface area contributed by atoms with E-state index in [0.717, 1.165) is 109 Å². The van der Waals surface area contributed by atoms with Crippen molar-refractivity contribution in [1.29, 1.82) is 0 Å². The van der Waals surface area contributed by atoms with Crippen LogP contribution < -0.4 is 15.0 Å². The normalized spacial score (nSPS) is 25.0. The highest BCUT2D eigenvalue weighted by Crippen LogP contribution is 2.72. The smallest absolute Gasteiger partial charge is 0.355 e. The molecule has 4 saturated carbocycles. The van der Waals surface area contributed by atoms with E-state index in [2.05, 4.69) is 38.9 Å². The number of pyridine rings is 1. The molecule has 15 nitrogen and oxygen atoms in total. The van der Waals surface area contributed by atoms with E-state index in [1.54, 1.807) is 7.11 Å². The molecule has 1 aliphatic heterocycles. The first-order valence-corrected chi connectivity index (χ1v) is 23.3. The molecule has 4 aromatic heterocycles. The summed E-state index contributed by atoms with van der Waals surface area (Å²) in [4.78, 5) is 26.8. The summed E-state index contributed by atoms with van der Waals surface area (Å²) in [6.45, 7) is 13.6. The van der Waals surface area contributed by atoms with Crippen LogP contribution in [0.5, 0.6) is 5.75 Å². The number of hydrogen-bond acceptors (Lipinski definition) is 14. The van der Waals surface area contributed by atoms with Crippen molar-refractivity contribution in [1.82, 2.24) is 34.8 Å². The third kappa shape index (κ3) is 8.52. The molecule has 5 heterocycles. The van der Waals surface area contributed by atoms with E-state index in [4.69, 9.17) is 24.5 Å². The Hall–Kier alpha value is -4.74. The molecule has 5 aromatic rings. The van der Waals surface area contributed by atoms with Crippen LogP contribution in [-0.2, 0) is 17.7 Å². The SMILES string of the molecule is COc1ccc2sc(Nc3nnc4c(c3C)CCCN4c3ccc(-c4cnn(CC56CC7(C)CC(C)(C5)CC(OCCN(CCCO)CCCO)(C7)C6)c4C)c(C(=O)O)n3)nc2c1. The number of anilines is 4. The van der Waals surface area contributed by atoms with Gasteiger partial charge in [-0.2, -0.15) is 5.10 Å². The van der Waals surface area contributed by atoms with Gasteiger partial charge in [0.05, 0.1) is 35.7 Å². The third-order valence-electron chi connectivity index (χ3n) is 14.2. The Morgan fingerprint density at radius 2 is 1.70 bits per heavy atom. The van der Waals surface area contributed by atoms with Crippen molar-refractivity contribution in [3.8, 4) is 16.9 Å². The fourth-order valence-corrected chi connectivity index (χ4v) is 13.6. The number of aromatic carboxylic acids is 1. The molecule has 63 heavy (non-hydrogen) atoms. The quantitative estimate of drug-likeness (QED) is 0.0672. The third-order valence-corrected chi connectivity index (χ3v) is 15.1. The number of carboxylic acids is 1. The first-order chi connectivity index (χ1) is 30.3. The zero-order valence-corrected chi connectivity index (χ0v) is 38.1. The fourth-order valence-electron chi connectivity index (χ4n) is 12.7. The van der Waals surface area contributed by atoms with Gasteiger partial charge in [0.1, 0.15) is 11.6 Å². The van der Waals surface area contributed by atoms with Gasteiger partial charge in [-0.05, 0) is 119 Å². The maximum atomic E-state index is 13.0. The van der Waals surface area contributed by atoms with Crippen molar-refractivity contribution in [3.63, 3.8) is 0 Å². The zero-order chi connectivity index (χ0) is 44.1. The van der Waals surface area contributed by atoms with Crippen LogP contribution in [0.3, 0.4) is 0 Å². The van der Waals surface area contributed by atoms with Crippen LogP contribution in [0.1, 0.15) is 98.9 Å². The summed E-state index contributed by atoms with van der Waals surface area (Å²) in [5.74, 6) is 1.48. The molecule has 0 amide bonds. The van der Waals surface area contributed by atoms with Gasteiger partial charge in [0.25, 0.3) is 0 Å². The van der Waals surface area contributed by atoms with Crippen molar-refractivity contribution in [2.24, 2.45) is 16.2 Å². The highest BCUT2D eigenvalue weighted by atomic mass is 32.1. The predicted molar refractivity (Wildman–Crippen MR) is 244 cm³/mol. The molecule has 0 radical (unpaired) electrons. The van der Waals surface area contributed by atoms with E-state index < -0.39 is 5.97 Å². The van der Waals surface area contributed by atoms with Crippen molar-refractivity contribution >= 4 is 50.1 Å². The van der Waals surface area contributed by atoms with E-state index in [9.17, 15) is 20.1 Å². The van der Waals surface area contributed by atoms with Gasteiger partial charge in [0, 0.05) is 80.0 Å². The maximum absolute atomic E-state index is 13.0. The summed E-state index contributed by atoms with van der Waals surface area (Å²) in [5.41, 5.74) is 5.17. The number of rotatable bonds is 18. The number of fused-ring (bicyclic) bond motifs is 2. The molecule has 16 heteroatoms. The average Bonchev–Trinajstić information content (AvgIpc) is 3.81. The number of thiazole rings is 1. The summed E-state index contributed by atoms with van der Waals surface area (Å²) >= 11 is 1.54. The van der Waals surface area contributed by atoms with Gasteiger partial charge in [-0.15, -0.1) is 10.2 Å². The lowest BCUT2D eigenvalue weighted by Crippen LogP contribution is -2.64. The molecule has 4 fully saturated rings. The minimum atomic E-state index is -1.10. The van der Waals surface area contributed by atoms with Gasteiger partial charge < -0.3 is 39.9 Å². The standard InChI is InChI=1S/C47H61N9O6S/c1-30-33-9-6-16-55(41(33)53-52-40(30)51-43-49-36-21-32(61-5)10-12-37(36)63-43)38-13-11-34(39(50-38)42(59)60)35-22-48-56(31(35)2)29-46-24-44(3)23-45(4,25-46)27-47(26-44,28-46)62-20-17-54(14-7-18-57)15-8-19-58/h10-13,21-22,57-58H,6-9,14-20,23-29H2,1-5H3,(H,59,60)(H,49,51,52). The number of aromatic nitrogens is 6. The van der Waals surface area contributed by atoms with Crippen molar-refractivity contribution < 1.29 is 29.6 Å². The van der Waals surface area contributed by atoms with E-state index >= 15 is 0 Å². The number of carboxylic acid groups (broad SMARTS) is 1. The molecule has 5 aliphatic rings. The zero-order valence-electron chi connectivity index (χ0n) is 37.2. The molecule has 0 spiro atoms. The molecule has 0 saturated heterocycles. The Morgan fingerprint density at radius 3 is 2.41 bits per heavy atom.